The first-order valence-corrected chi connectivity index (χ1v) is 6.64. The Morgan fingerprint density at radius 2 is 1.84 bits per heavy atom. The van der Waals surface area contributed by atoms with Crippen molar-refractivity contribution in [1.29, 1.82) is 0 Å². The summed E-state index contributed by atoms with van der Waals surface area (Å²) in [7, 11) is 0. The van der Waals surface area contributed by atoms with E-state index in [1.54, 1.807) is 12.1 Å². The van der Waals surface area contributed by atoms with Crippen LogP contribution in [-0.4, -0.2) is 21.6 Å². The summed E-state index contributed by atoms with van der Waals surface area (Å²) in [5.41, 5.74) is 1.92. The smallest absolute Gasteiger partial charge is 0.161 e. The maximum absolute atomic E-state index is 9.32. The second-order valence-electron chi connectivity index (χ2n) is 4.40. The molecule has 0 atom stereocenters. The van der Waals surface area contributed by atoms with Crippen LogP contribution in [0.1, 0.15) is 26.0 Å². The van der Waals surface area contributed by atoms with E-state index in [0.29, 0.717) is 5.82 Å². The molecule has 0 unspecified atom stereocenters. The molecule has 0 saturated heterocycles. The largest absolute Gasteiger partial charge is 0.508 e. The number of hydrogen-bond donors (Lipinski definition) is 2. The van der Waals surface area contributed by atoms with E-state index in [4.69, 9.17) is 0 Å². The molecule has 1 aromatic carbocycles. The Bertz CT molecular complexity index is 538. The van der Waals surface area contributed by atoms with Crippen LogP contribution in [0.2, 0.25) is 0 Å². The minimum atomic E-state index is 0.250. The molecule has 0 aliphatic carbocycles. The van der Waals surface area contributed by atoms with Gasteiger partial charge in [-0.25, -0.2) is 9.97 Å². The molecule has 0 bridgehead atoms. The van der Waals surface area contributed by atoms with Gasteiger partial charge in [0.05, 0.1) is 0 Å². The van der Waals surface area contributed by atoms with Gasteiger partial charge >= 0.3 is 0 Å². The highest BCUT2D eigenvalue weighted by atomic mass is 16.3. The molecular formula is C15H19N3O. The van der Waals surface area contributed by atoms with E-state index >= 15 is 0 Å². The molecule has 0 saturated carbocycles. The molecule has 4 nitrogen and oxygen atoms in total. The minimum Gasteiger partial charge on any atom is -0.508 e. The summed E-state index contributed by atoms with van der Waals surface area (Å²) >= 11 is 0. The van der Waals surface area contributed by atoms with Crippen LogP contribution in [0.4, 0.5) is 5.82 Å². The molecule has 19 heavy (non-hydrogen) atoms. The SMILES string of the molecule is CCCNc1cc(CC)nc(-c2ccc(O)cc2)n1. The lowest BCUT2D eigenvalue weighted by molar-refractivity contribution is 0.475. The van der Waals surface area contributed by atoms with Crippen LogP contribution in [0.15, 0.2) is 30.3 Å². The van der Waals surface area contributed by atoms with Gasteiger partial charge in [0, 0.05) is 23.9 Å². The van der Waals surface area contributed by atoms with Gasteiger partial charge in [-0.15, -0.1) is 0 Å². The highest BCUT2D eigenvalue weighted by Gasteiger charge is 2.06. The zero-order chi connectivity index (χ0) is 13.7. The van der Waals surface area contributed by atoms with E-state index in [9.17, 15) is 5.11 Å². The van der Waals surface area contributed by atoms with Gasteiger partial charge in [-0.2, -0.15) is 0 Å². The fourth-order valence-corrected chi connectivity index (χ4v) is 1.76. The first kappa shape index (κ1) is 13.3. The van der Waals surface area contributed by atoms with Gasteiger partial charge in [0.15, 0.2) is 5.82 Å². The predicted octanol–water partition coefficient (Wildman–Crippen LogP) is 3.23. The fraction of sp³-hybridized carbons (Fsp3) is 0.333. The molecule has 1 aromatic heterocycles. The van der Waals surface area contributed by atoms with E-state index < -0.39 is 0 Å². The number of aromatic nitrogens is 2. The number of anilines is 1. The van der Waals surface area contributed by atoms with E-state index in [2.05, 4.69) is 29.1 Å². The molecular weight excluding hydrogens is 238 g/mol. The second kappa shape index (κ2) is 6.18. The molecule has 2 N–H and O–H groups in total. The monoisotopic (exact) mass is 257 g/mol. The Hall–Kier alpha value is -2.10. The fourth-order valence-electron chi connectivity index (χ4n) is 1.76. The Balaban J connectivity index is 2.35. The molecule has 2 aromatic rings. The number of aromatic hydroxyl groups is 1. The molecule has 0 aliphatic rings. The van der Waals surface area contributed by atoms with Crippen molar-refractivity contribution in [3.05, 3.63) is 36.0 Å². The highest BCUT2D eigenvalue weighted by Crippen LogP contribution is 2.20. The van der Waals surface area contributed by atoms with Crippen LogP contribution >= 0.6 is 0 Å². The Kier molecular flexibility index (Phi) is 4.34. The minimum absolute atomic E-state index is 0.250. The molecule has 0 radical (unpaired) electrons. The highest BCUT2D eigenvalue weighted by molar-refractivity contribution is 5.58. The molecule has 0 fully saturated rings. The van der Waals surface area contributed by atoms with Crippen molar-refractivity contribution in [2.45, 2.75) is 26.7 Å². The quantitative estimate of drug-likeness (QED) is 0.863. The predicted molar refractivity (Wildman–Crippen MR) is 77.3 cm³/mol. The van der Waals surface area contributed by atoms with Gasteiger partial charge in [0.1, 0.15) is 11.6 Å². The number of nitrogens with one attached hydrogen (secondary N) is 1. The number of benzene rings is 1. The average Bonchev–Trinajstić information content (AvgIpc) is 2.45. The topological polar surface area (TPSA) is 58.0 Å². The van der Waals surface area contributed by atoms with Gasteiger partial charge in [-0.1, -0.05) is 13.8 Å². The first-order valence-electron chi connectivity index (χ1n) is 6.64. The van der Waals surface area contributed by atoms with E-state index in [0.717, 1.165) is 36.5 Å². The Morgan fingerprint density at radius 3 is 2.47 bits per heavy atom. The van der Waals surface area contributed by atoms with Gasteiger partial charge in [-0.05, 0) is 37.1 Å². The standard InChI is InChI=1S/C15H19N3O/c1-3-9-16-14-10-12(4-2)17-15(18-14)11-5-7-13(19)8-6-11/h5-8,10,19H,3-4,9H2,1-2H3,(H,16,17,18). The summed E-state index contributed by atoms with van der Waals surface area (Å²) in [6.07, 6.45) is 1.93. The van der Waals surface area contributed by atoms with Crippen LogP contribution < -0.4 is 5.32 Å². The molecule has 4 heteroatoms. The van der Waals surface area contributed by atoms with Gasteiger partial charge in [-0.3, -0.25) is 0 Å². The third-order valence-corrected chi connectivity index (χ3v) is 2.82. The lowest BCUT2D eigenvalue weighted by Crippen LogP contribution is -2.05. The maximum Gasteiger partial charge on any atom is 0.161 e. The maximum atomic E-state index is 9.32. The number of rotatable bonds is 5. The van der Waals surface area contributed by atoms with Crippen molar-refractivity contribution < 1.29 is 5.11 Å². The van der Waals surface area contributed by atoms with E-state index in [1.807, 2.05) is 18.2 Å². The van der Waals surface area contributed by atoms with Crippen LogP contribution in [0.25, 0.3) is 11.4 Å². The number of aryl methyl sites for hydroxylation is 1. The van der Waals surface area contributed by atoms with Crippen molar-refractivity contribution in [3.8, 4) is 17.1 Å². The summed E-state index contributed by atoms with van der Waals surface area (Å²) in [5.74, 6) is 1.80. The Morgan fingerprint density at radius 1 is 1.11 bits per heavy atom. The summed E-state index contributed by atoms with van der Waals surface area (Å²) < 4.78 is 0. The number of nitrogens with zero attached hydrogens (tertiary/aromatic N) is 2. The summed E-state index contributed by atoms with van der Waals surface area (Å²) in [6, 6.07) is 8.94. The zero-order valence-electron chi connectivity index (χ0n) is 11.3. The zero-order valence-corrected chi connectivity index (χ0v) is 11.3. The van der Waals surface area contributed by atoms with E-state index in [-0.39, 0.29) is 5.75 Å². The molecule has 2 rings (SSSR count). The second-order valence-corrected chi connectivity index (χ2v) is 4.40. The van der Waals surface area contributed by atoms with Crippen molar-refractivity contribution in [2.75, 3.05) is 11.9 Å². The lowest BCUT2D eigenvalue weighted by atomic mass is 10.2. The molecule has 1 heterocycles. The van der Waals surface area contributed by atoms with Gasteiger partial charge in [0.25, 0.3) is 0 Å². The average molecular weight is 257 g/mol. The van der Waals surface area contributed by atoms with Gasteiger partial charge < -0.3 is 10.4 Å². The van der Waals surface area contributed by atoms with Crippen molar-refractivity contribution in [3.63, 3.8) is 0 Å². The van der Waals surface area contributed by atoms with Crippen LogP contribution in [-0.2, 0) is 6.42 Å². The first-order chi connectivity index (χ1) is 9.22. The third kappa shape index (κ3) is 3.44. The summed E-state index contributed by atoms with van der Waals surface area (Å²) in [6.45, 7) is 5.09. The van der Waals surface area contributed by atoms with E-state index in [1.165, 1.54) is 0 Å². The van der Waals surface area contributed by atoms with Crippen molar-refractivity contribution in [2.24, 2.45) is 0 Å². The number of phenolic OH excluding ortho intramolecular Hbond substituents is 1. The Labute approximate surface area is 113 Å². The van der Waals surface area contributed by atoms with Gasteiger partial charge in [0.2, 0.25) is 0 Å². The summed E-state index contributed by atoms with van der Waals surface area (Å²) in [5, 5.41) is 12.6. The normalized spacial score (nSPS) is 10.4. The molecule has 100 valence electrons. The molecule has 0 spiro atoms. The third-order valence-electron chi connectivity index (χ3n) is 2.82. The van der Waals surface area contributed by atoms with Crippen LogP contribution in [0, 0.1) is 0 Å². The molecule has 0 amide bonds. The lowest BCUT2D eigenvalue weighted by Gasteiger charge is -2.08. The van der Waals surface area contributed by atoms with Crippen molar-refractivity contribution >= 4 is 5.82 Å². The van der Waals surface area contributed by atoms with Crippen LogP contribution in [0.5, 0.6) is 5.75 Å². The number of phenols is 1. The van der Waals surface area contributed by atoms with Crippen molar-refractivity contribution in [1.82, 2.24) is 9.97 Å². The summed E-state index contributed by atoms with van der Waals surface area (Å²) in [4.78, 5) is 9.04. The van der Waals surface area contributed by atoms with Crippen LogP contribution in [0.3, 0.4) is 0 Å². The molecule has 0 aliphatic heterocycles. The number of hydrogen-bond acceptors (Lipinski definition) is 4.